The van der Waals surface area contributed by atoms with Crippen LogP contribution in [0.1, 0.15) is 18.4 Å². The summed E-state index contributed by atoms with van der Waals surface area (Å²) < 4.78 is 42.2. The Bertz CT molecular complexity index is 1060. The number of sulfonamides is 1. The smallest absolute Gasteiger partial charge is 0.246 e. The Morgan fingerprint density at radius 2 is 2.08 bits per heavy atom. The van der Waals surface area contributed by atoms with E-state index in [1.165, 1.54) is 29.0 Å². The van der Waals surface area contributed by atoms with Gasteiger partial charge in [-0.3, -0.25) is 0 Å². The topological polar surface area (TPSA) is 88.4 Å². The van der Waals surface area contributed by atoms with Gasteiger partial charge in [0.2, 0.25) is 10.0 Å². The van der Waals surface area contributed by atoms with Crippen molar-refractivity contribution < 1.29 is 12.8 Å². The first-order chi connectivity index (χ1) is 11.9. The molecule has 1 aromatic carbocycles. The average Bonchev–Trinajstić information content (AvgIpc) is 3.23. The lowest BCUT2D eigenvalue weighted by Crippen LogP contribution is -2.25. The lowest BCUT2D eigenvalue weighted by molar-refractivity contribution is 0.581. The number of hydrogen-bond donors (Lipinski definition) is 2. The average molecular weight is 361 g/mol. The number of hydrogen-bond acceptors (Lipinski definition) is 5. The maximum Gasteiger partial charge on any atom is 0.246 e. The first-order valence-corrected chi connectivity index (χ1v) is 9.30. The quantitative estimate of drug-likeness (QED) is 0.728. The van der Waals surface area contributed by atoms with Crippen molar-refractivity contribution in [2.45, 2.75) is 30.7 Å². The normalized spacial score (nSPS) is 14.8. The molecular weight excluding hydrogens is 345 g/mol. The van der Waals surface area contributed by atoms with Crippen molar-refractivity contribution in [3.05, 3.63) is 48.0 Å². The van der Waals surface area contributed by atoms with Crippen LogP contribution in [0.4, 0.5) is 15.9 Å². The van der Waals surface area contributed by atoms with Crippen molar-refractivity contribution in [2.75, 3.05) is 5.32 Å². The largest absolute Gasteiger partial charge is 0.340 e. The molecule has 3 aromatic rings. The van der Waals surface area contributed by atoms with E-state index >= 15 is 0 Å². The molecule has 25 heavy (non-hydrogen) atoms. The predicted octanol–water partition coefficient (Wildman–Crippen LogP) is 2.36. The standard InChI is InChI=1S/C16H16FN5O2S/c1-10-8-11(17)2-5-13(10)20-15-6-7-18-16-14(9-19-22(15)16)25(23,24)21-12-3-4-12/h2,5-9,12,20-21H,3-4H2,1H3. The third kappa shape index (κ3) is 3.08. The van der Waals surface area contributed by atoms with E-state index in [0.29, 0.717) is 11.5 Å². The molecule has 1 aliphatic carbocycles. The van der Waals surface area contributed by atoms with E-state index in [0.717, 1.165) is 18.4 Å². The first kappa shape index (κ1) is 16.0. The first-order valence-electron chi connectivity index (χ1n) is 7.82. The molecule has 0 saturated heterocycles. The van der Waals surface area contributed by atoms with E-state index < -0.39 is 10.0 Å². The van der Waals surface area contributed by atoms with Gasteiger partial charge in [-0.2, -0.15) is 9.61 Å². The molecule has 0 bridgehead atoms. The van der Waals surface area contributed by atoms with Gasteiger partial charge in [0.1, 0.15) is 16.5 Å². The van der Waals surface area contributed by atoms with Gasteiger partial charge >= 0.3 is 0 Å². The predicted molar refractivity (Wildman–Crippen MR) is 90.8 cm³/mol. The number of aromatic nitrogens is 3. The second-order valence-electron chi connectivity index (χ2n) is 6.05. The fraction of sp³-hybridized carbons (Fsp3) is 0.250. The SMILES string of the molecule is Cc1cc(F)ccc1Nc1ccnc2c(S(=O)(=O)NC3CC3)cnn12. The van der Waals surface area contributed by atoms with Crippen LogP contribution >= 0.6 is 0 Å². The van der Waals surface area contributed by atoms with Crippen molar-refractivity contribution in [2.24, 2.45) is 0 Å². The van der Waals surface area contributed by atoms with Crippen molar-refractivity contribution in [1.82, 2.24) is 19.3 Å². The Morgan fingerprint density at radius 3 is 2.80 bits per heavy atom. The maximum atomic E-state index is 13.3. The highest BCUT2D eigenvalue weighted by Gasteiger charge is 2.30. The molecule has 1 fully saturated rings. The summed E-state index contributed by atoms with van der Waals surface area (Å²) in [6.07, 6.45) is 4.50. The molecule has 2 N–H and O–H groups in total. The fourth-order valence-corrected chi connectivity index (χ4v) is 3.91. The highest BCUT2D eigenvalue weighted by atomic mass is 32.2. The van der Waals surface area contributed by atoms with E-state index in [1.807, 2.05) is 0 Å². The molecule has 0 spiro atoms. The molecule has 0 amide bonds. The second-order valence-corrected chi connectivity index (χ2v) is 7.74. The number of benzene rings is 1. The zero-order chi connectivity index (χ0) is 17.6. The highest BCUT2D eigenvalue weighted by Crippen LogP contribution is 2.26. The molecule has 0 unspecified atom stereocenters. The summed E-state index contributed by atoms with van der Waals surface area (Å²) in [7, 11) is -3.66. The molecule has 7 nitrogen and oxygen atoms in total. The monoisotopic (exact) mass is 361 g/mol. The second kappa shape index (κ2) is 5.78. The molecule has 2 heterocycles. The Hall–Kier alpha value is -2.52. The van der Waals surface area contributed by atoms with Gasteiger partial charge in [0.15, 0.2) is 5.65 Å². The molecule has 9 heteroatoms. The lowest BCUT2D eigenvalue weighted by atomic mass is 10.2. The van der Waals surface area contributed by atoms with Gasteiger partial charge in [0, 0.05) is 17.9 Å². The number of halogens is 1. The molecule has 1 aliphatic rings. The van der Waals surface area contributed by atoms with Gasteiger partial charge in [-0.05, 0) is 49.6 Å². The zero-order valence-electron chi connectivity index (χ0n) is 13.4. The Balaban J connectivity index is 1.74. The number of rotatable bonds is 5. The molecule has 4 rings (SSSR count). The van der Waals surface area contributed by atoms with Crippen molar-refractivity contribution in [3.63, 3.8) is 0 Å². The van der Waals surface area contributed by atoms with Crippen molar-refractivity contribution in [3.8, 4) is 0 Å². The molecule has 0 atom stereocenters. The lowest BCUT2D eigenvalue weighted by Gasteiger charge is -2.11. The summed E-state index contributed by atoms with van der Waals surface area (Å²) in [5.41, 5.74) is 1.66. The Labute approximate surface area is 143 Å². The van der Waals surface area contributed by atoms with Crippen molar-refractivity contribution in [1.29, 1.82) is 0 Å². The van der Waals surface area contributed by atoms with Crippen LogP contribution in [0.3, 0.4) is 0 Å². The van der Waals surface area contributed by atoms with Crippen LogP contribution in [0.2, 0.25) is 0 Å². The summed E-state index contributed by atoms with van der Waals surface area (Å²) in [6.45, 7) is 1.78. The van der Waals surface area contributed by atoms with Gasteiger partial charge in [0.25, 0.3) is 0 Å². The fourth-order valence-electron chi connectivity index (χ4n) is 2.54. The minimum absolute atomic E-state index is 0.00289. The number of aryl methyl sites for hydroxylation is 1. The van der Waals surface area contributed by atoms with Crippen molar-refractivity contribution >= 4 is 27.2 Å². The number of nitrogens with one attached hydrogen (secondary N) is 2. The molecule has 2 aromatic heterocycles. The third-order valence-electron chi connectivity index (χ3n) is 4.01. The van der Waals surface area contributed by atoms with Crippen LogP contribution in [-0.2, 0) is 10.0 Å². The van der Waals surface area contributed by atoms with E-state index in [9.17, 15) is 12.8 Å². The zero-order valence-corrected chi connectivity index (χ0v) is 14.2. The minimum Gasteiger partial charge on any atom is -0.340 e. The molecular formula is C16H16FN5O2S. The highest BCUT2D eigenvalue weighted by molar-refractivity contribution is 7.89. The van der Waals surface area contributed by atoms with Gasteiger partial charge in [-0.25, -0.2) is 22.5 Å². The maximum absolute atomic E-state index is 13.3. The number of fused-ring (bicyclic) bond motifs is 1. The molecule has 130 valence electrons. The van der Waals surface area contributed by atoms with E-state index in [1.54, 1.807) is 19.1 Å². The third-order valence-corrected chi connectivity index (χ3v) is 5.52. The van der Waals surface area contributed by atoms with Gasteiger partial charge in [-0.1, -0.05) is 0 Å². The van der Waals surface area contributed by atoms with Crippen LogP contribution in [0.15, 0.2) is 41.6 Å². The van der Waals surface area contributed by atoms with Crippen LogP contribution < -0.4 is 10.0 Å². The summed E-state index contributed by atoms with van der Waals surface area (Å²) >= 11 is 0. The number of nitrogens with zero attached hydrogens (tertiary/aromatic N) is 3. The summed E-state index contributed by atoms with van der Waals surface area (Å²) in [5, 5.41) is 7.29. The van der Waals surface area contributed by atoms with Crippen LogP contribution in [-0.4, -0.2) is 29.1 Å². The molecule has 0 aliphatic heterocycles. The minimum atomic E-state index is -3.66. The summed E-state index contributed by atoms with van der Waals surface area (Å²) in [4.78, 5) is 4.20. The Morgan fingerprint density at radius 1 is 1.28 bits per heavy atom. The molecule has 0 radical (unpaired) electrons. The van der Waals surface area contributed by atoms with Gasteiger partial charge < -0.3 is 5.32 Å². The van der Waals surface area contributed by atoms with Crippen LogP contribution in [0, 0.1) is 12.7 Å². The van der Waals surface area contributed by atoms with E-state index in [2.05, 4.69) is 20.1 Å². The number of anilines is 2. The van der Waals surface area contributed by atoms with E-state index in [4.69, 9.17) is 0 Å². The molecule has 1 saturated carbocycles. The summed E-state index contributed by atoms with van der Waals surface area (Å²) in [5.74, 6) is 0.217. The van der Waals surface area contributed by atoms with E-state index in [-0.39, 0.29) is 22.4 Å². The summed E-state index contributed by atoms with van der Waals surface area (Å²) in [6, 6.07) is 6.06. The van der Waals surface area contributed by atoms with Gasteiger partial charge in [0.05, 0.1) is 6.20 Å². The van der Waals surface area contributed by atoms with Gasteiger partial charge in [-0.15, -0.1) is 0 Å². The van der Waals surface area contributed by atoms with Crippen LogP contribution in [0.25, 0.3) is 5.65 Å². The van der Waals surface area contributed by atoms with Crippen LogP contribution in [0.5, 0.6) is 0 Å². The Kier molecular flexibility index (Phi) is 3.69.